The Hall–Kier alpha value is -2.14. The Labute approximate surface area is 123 Å². The lowest BCUT2D eigenvalue weighted by Crippen LogP contribution is -1.96. The third-order valence-corrected chi connectivity index (χ3v) is 4.63. The van der Waals surface area contributed by atoms with Crippen LogP contribution in [0, 0.1) is 0 Å². The van der Waals surface area contributed by atoms with Gasteiger partial charge in [-0.3, -0.25) is 0 Å². The van der Waals surface area contributed by atoms with E-state index in [-0.39, 0.29) is 0 Å². The molecule has 4 nitrogen and oxygen atoms in total. The predicted octanol–water partition coefficient (Wildman–Crippen LogP) is 3.20. The van der Waals surface area contributed by atoms with Gasteiger partial charge in [-0.25, -0.2) is 13.4 Å². The van der Waals surface area contributed by atoms with Gasteiger partial charge in [-0.1, -0.05) is 31.2 Å². The molecule has 21 heavy (non-hydrogen) atoms. The van der Waals surface area contributed by atoms with Crippen LogP contribution in [0.15, 0.2) is 47.4 Å². The van der Waals surface area contributed by atoms with Crippen molar-refractivity contribution < 1.29 is 8.42 Å². The molecule has 5 heteroatoms. The van der Waals surface area contributed by atoms with Crippen molar-refractivity contribution in [3.63, 3.8) is 0 Å². The second-order valence-electron chi connectivity index (χ2n) is 5.09. The van der Waals surface area contributed by atoms with E-state index in [1.54, 1.807) is 18.2 Å². The summed E-state index contributed by atoms with van der Waals surface area (Å²) in [4.78, 5) is 8.00. The maximum Gasteiger partial charge on any atom is 0.175 e. The van der Waals surface area contributed by atoms with Crippen LogP contribution in [0.3, 0.4) is 0 Å². The molecule has 2 aromatic carbocycles. The third kappa shape index (κ3) is 2.69. The number of fused-ring (bicyclic) bond motifs is 1. The summed E-state index contributed by atoms with van der Waals surface area (Å²) in [6.45, 7) is 2.11. The van der Waals surface area contributed by atoms with Crippen LogP contribution in [0.25, 0.3) is 22.4 Å². The average Bonchev–Trinajstić information content (AvgIpc) is 2.89. The van der Waals surface area contributed by atoms with Crippen molar-refractivity contribution in [1.29, 1.82) is 0 Å². The second-order valence-corrected chi connectivity index (χ2v) is 7.10. The number of aromatic amines is 1. The number of H-pyrrole nitrogens is 1. The molecule has 0 saturated heterocycles. The molecule has 1 heterocycles. The van der Waals surface area contributed by atoms with Crippen LogP contribution in [0.1, 0.15) is 12.5 Å². The highest BCUT2D eigenvalue weighted by atomic mass is 32.2. The molecule has 3 aromatic rings. The van der Waals surface area contributed by atoms with E-state index < -0.39 is 9.84 Å². The molecular formula is C16H16N2O2S. The van der Waals surface area contributed by atoms with E-state index in [2.05, 4.69) is 29.0 Å². The number of benzene rings is 2. The summed E-state index contributed by atoms with van der Waals surface area (Å²) in [5.74, 6) is 0.748. The van der Waals surface area contributed by atoms with Gasteiger partial charge in [0.25, 0.3) is 0 Å². The molecule has 0 atom stereocenters. The Bertz CT molecular complexity index is 894. The molecule has 0 saturated carbocycles. The van der Waals surface area contributed by atoms with Gasteiger partial charge in [0.15, 0.2) is 9.84 Å². The van der Waals surface area contributed by atoms with Crippen LogP contribution in [-0.2, 0) is 16.3 Å². The van der Waals surface area contributed by atoms with Crippen molar-refractivity contribution in [2.45, 2.75) is 18.2 Å². The highest BCUT2D eigenvalue weighted by Crippen LogP contribution is 2.23. The molecule has 0 spiro atoms. The van der Waals surface area contributed by atoms with E-state index in [9.17, 15) is 8.42 Å². The molecule has 0 aliphatic rings. The fourth-order valence-corrected chi connectivity index (χ4v) is 2.90. The normalized spacial score (nSPS) is 11.9. The number of nitrogens with zero attached hydrogens (tertiary/aromatic N) is 1. The van der Waals surface area contributed by atoms with Crippen molar-refractivity contribution >= 4 is 20.9 Å². The molecule has 0 aliphatic heterocycles. The van der Waals surface area contributed by atoms with Gasteiger partial charge in [-0.2, -0.15) is 0 Å². The van der Waals surface area contributed by atoms with Gasteiger partial charge in [-0.15, -0.1) is 0 Å². The average molecular weight is 300 g/mol. The lowest BCUT2D eigenvalue weighted by molar-refractivity contribution is 0.602. The molecule has 108 valence electrons. The lowest BCUT2D eigenvalue weighted by Gasteiger charge is -1.98. The van der Waals surface area contributed by atoms with E-state index in [1.165, 1.54) is 11.8 Å². The minimum Gasteiger partial charge on any atom is -0.338 e. The Morgan fingerprint density at radius 1 is 1.10 bits per heavy atom. The van der Waals surface area contributed by atoms with Crippen molar-refractivity contribution in [2.24, 2.45) is 0 Å². The van der Waals surface area contributed by atoms with Crippen LogP contribution in [-0.4, -0.2) is 24.6 Å². The molecule has 0 fully saturated rings. The molecule has 0 radical (unpaired) electrons. The van der Waals surface area contributed by atoms with Crippen molar-refractivity contribution in [3.8, 4) is 11.4 Å². The third-order valence-electron chi connectivity index (χ3n) is 3.52. The fourth-order valence-electron chi connectivity index (χ4n) is 2.25. The summed E-state index contributed by atoms with van der Waals surface area (Å²) in [6.07, 6.45) is 2.20. The number of imidazole rings is 1. The van der Waals surface area contributed by atoms with E-state index in [0.29, 0.717) is 4.90 Å². The Balaban J connectivity index is 2.08. The summed E-state index contributed by atoms with van der Waals surface area (Å²) in [5.41, 5.74) is 3.75. The fraction of sp³-hybridized carbons (Fsp3) is 0.188. The van der Waals surface area contributed by atoms with E-state index in [1.807, 2.05) is 12.1 Å². The zero-order valence-electron chi connectivity index (χ0n) is 11.9. The van der Waals surface area contributed by atoms with Crippen LogP contribution in [0.2, 0.25) is 0 Å². The van der Waals surface area contributed by atoms with Gasteiger partial charge in [0.05, 0.1) is 15.9 Å². The smallest absolute Gasteiger partial charge is 0.175 e. The summed E-state index contributed by atoms with van der Waals surface area (Å²) in [7, 11) is -3.21. The standard InChI is InChI=1S/C16H16N2O2S/c1-3-11-4-6-12(7-5-11)16-17-14-9-8-13(21(2,19)20)10-15(14)18-16/h4-10H,3H2,1-2H3,(H,17,18). The zero-order chi connectivity index (χ0) is 15.0. The van der Waals surface area contributed by atoms with Crippen molar-refractivity contribution in [3.05, 3.63) is 48.0 Å². The van der Waals surface area contributed by atoms with Gasteiger partial charge in [0.1, 0.15) is 5.82 Å². The topological polar surface area (TPSA) is 62.8 Å². The maximum absolute atomic E-state index is 11.6. The Morgan fingerprint density at radius 2 is 1.81 bits per heavy atom. The number of nitrogens with one attached hydrogen (secondary N) is 1. The number of aryl methyl sites for hydroxylation is 1. The molecule has 0 bridgehead atoms. The van der Waals surface area contributed by atoms with Crippen molar-refractivity contribution in [2.75, 3.05) is 6.26 Å². The van der Waals surface area contributed by atoms with Gasteiger partial charge >= 0.3 is 0 Å². The van der Waals surface area contributed by atoms with Gasteiger partial charge in [0, 0.05) is 11.8 Å². The minimum absolute atomic E-state index is 0.298. The summed E-state index contributed by atoms with van der Waals surface area (Å²) < 4.78 is 23.2. The molecule has 0 aliphatic carbocycles. The van der Waals surface area contributed by atoms with Crippen LogP contribution >= 0.6 is 0 Å². The molecule has 0 unspecified atom stereocenters. The maximum atomic E-state index is 11.6. The van der Waals surface area contributed by atoms with Crippen LogP contribution in [0.5, 0.6) is 0 Å². The molecule has 1 N–H and O–H groups in total. The number of sulfone groups is 1. The predicted molar refractivity (Wildman–Crippen MR) is 84.0 cm³/mol. The monoisotopic (exact) mass is 300 g/mol. The largest absolute Gasteiger partial charge is 0.338 e. The SMILES string of the molecule is CCc1ccc(-c2nc3ccc(S(C)(=O)=O)cc3[nH]2)cc1. The first-order valence-corrected chi connectivity index (χ1v) is 8.65. The number of rotatable bonds is 3. The Morgan fingerprint density at radius 3 is 2.43 bits per heavy atom. The quantitative estimate of drug-likeness (QED) is 0.808. The number of hydrogen-bond acceptors (Lipinski definition) is 3. The summed E-state index contributed by atoms with van der Waals surface area (Å²) in [6, 6.07) is 13.1. The second kappa shape index (κ2) is 5.00. The molecule has 3 rings (SSSR count). The lowest BCUT2D eigenvalue weighted by atomic mass is 10.1. The number of hydrogen-bond donors (Lipinski definition) is 1. The zero-order valence-corrected chi connectivity index (χ0v) is 12.7. The molecule has 1 aromatic heterocycles. The summed E-state index contributed by atoms with van der Waals surface area (Å²) >= 11 is 0. The minimum atomic E-state index is -3.21. The number of aromatic nitrogens is 2. The van der Waals surface area contributed by atoms with E-state index >= 15 is 0 Å². The van der Waals surface area contributed by atoms with Crippen LogP contribution < -0.4 is 0 Å². The van der Waals surface area contributed by atoms with Crippen molar-refractivity contribution in [1.82, 2.24) is 9.97 Å². The first-order chi connectivity index (χ1) is 9.97. The van der Waals surface area contributed by atoms with Gasteiger partial charge in [-0.05, 0) is 30.2 Å². The van der Waals surface area contributed by atoms with Gasteiger partial charge in [0.2, 0.25) is 0 Å². The molecular weight excluding hydrogens is 284 g/mol. The van der Waals surface area contributed by atoms with Crippen LogP contribution in [0.4, 0.5) is 0 Å². The highest BCUT2D eigenvalue weighted by Gasteiger charge is 2.10. The Kier molecular flexibility index (Phi) is 3.29. The summed E-state index contributed by atoms with van der Waals surface area (Å²) in [5, 5.41) is 0. The van der Waals surface area contributed by atoms with Gasteiger partial charge < -0.3 is 4.98 Å². The van der Waals surface area contributed by atoms with E-state index in [0.717, 1.165) is 28.8 Å². The first-order valence-electron chi connectivity index (χ1n) is 6.76. The molecule has 0 amide bonds. The highest BCUT2D eigenvalue weighted by molar-refractivity contribution is 7.90. The van der Waals surface area contributed by atoms with E-state index in [4.69, 9.17) is 0 Å². The first kappa shape index (κ1) is 13.8.